The molecule has 0 fully saturated rings. The minimum Gasteiger partial charge on any atom is -0.472 e. The third-order valence-electron chi connectivity index (χ3n) is 3.54. The molecule has 0 aromatic carbocycles. The van der Waals surface area contributed by atoms with E-state index in [1.54, 1.807) is 23.4 Å². The van der Waals surface area contributed by atoms with Crippen LogP contribution in [0.2, 0.25) is 0 Å². The van der Waals surface area contributed by atoms with Gasteiger partial charge in [0.25, 0.3) is 5.91 Å². The first kappa shape index (κ1) is 13.7. The van der Waals surface area contributed by atoms with Gasteiger partial charge in [0, 0.05) is 13.1 Å². The number of rotatable bonds is 5. The van der Waals surface area contributed by atoms with Gasteiger partial charge in [-0.1, -0.05) is 0 Å². The summed E-state index contributed by atoms with van der Waals surface area (Å²) in [7, 11) is 0. The highest BCUT2D eigenvalue weighted by Gasteiger charge is 2.22. The van der Waals surface area contributed by atoms with Crippen molar-refractivity contribution in [2.24, 2.45) is 0 Å². The van der Waals surface area contributed by atoms with Gasteiger partial charge in [-0.3, -0.25) is 4.79 Å². The van der Waals surface area contributed by atoms with Gasteiger partial charge in [0.15, 0.2) is 0 Å². The van der Waals surface area contributed by atoms with Gasteiger partial charge in [-0.05, 0) is 24.5 Å². The number of aryl methyl sites for hydroxylation is 1. The molecule has 0 spiro atoms. The van der Waals surface area contributed by atoms with Crippen LogP contribution in [0.1, 0.15) is 22.3 Å². The number of amides is 1. The zero-order valence-corrected chi connectivity index (χ0v) is 11.6. The van der Waals surface area contributed by atoms with Gasteiger partial charge in [-0.15, -0.1) is 0 Å². The molecule has 2 aromatic heterocycles. The molecule has 0 saturated heterocycles. The number of aliphatic hydroxyl groups excluding tert-OH is 1. The number of hydrogen-bond acceptors (Lipinski definition) is 5. The molecule has 3 N–H and O–H groups in total. The van der Waals surface area contributed by atoms with Crippen LogP contribution in [0.4, 0.5) is 5.82 Å². The van der Waals surface area contributed by atoms with Crippen LogP contribution in [-0.4, -0.2) is 40.0 Å². The zero-order valence-electron chi connectivity index (χ0n) is 11.6. The molecule has 1 unspecified atom stereocenters. The van der Waals surface area contributed by atoms with E-state index in [2.05, 4.69) is 15.7 Å². The van der Waals surface area contributed by atoms with Crippen molar-refractivity contribution in [2.75, 3.05) is 18.5 Å². The van der Waals surface area contributed by atoms with Gasteiger partial charge < -0.3 is 20.2 Å². The molecule has 0 radical (unpaired) electrons. The van der Waals surface area contributed by atoms with Gasteiger partial charge in [-0.25, -0.2) is 4.68 Å². The minimum atomic E-state index is -0.353. The molecule has 7 heteroatoms. The van der Waals surface area contributed by atoms with Crippen LogP contribution in [0.3, 0.4) is 0 Å². The van der Waals surface area contributed by atoms with Crippen LogP contribution in [-0.2, 0) is 13.0 Å². The van der Waals surface area contributed by atoms with Crippen molar-refractivity contribution in [3.63, 3.8) is 0 Å². The Balaban J connectivity index is 1.68. The summed E-state index contributed by atoms with van der Waals surface area (Å²) in [4.78, 5) is 12.3. The van der Waals surface area contributed by atoms with Crippen molar-refractivity contribution < 1.29 is 14.3 Å². The lowest BCUT2D eigenvalue weighted by Gasteiger charge is -2.18. The van der Waals surface area contributed by atoms with Crippen molar-refractivity contribution in [1.82, 2.24) is 15.1 Å². The molecule has 1 aliphatic heterocycles. The van der Waals surface area contributed by atoms with Crippen LogP contribution in [0.5, 0.6) is 0 Å². The van der Waals surface area contributed by atoms with Crippen molar-refractivity contribution in [3.8, 4) is 0 Å². The van der Waals surface area contributed by atoms with Crippen molar-refractivity contribution in [1.29, 1.82) is 0 Å². The summed E-state index contributed by atoms with van der Waals surface area (Å²) in [6, 6.07) is 1.47. The summed E-state index contributed by atoms with van der Waals surface area (Å²) in [5, 5.41) is 19.7. The number of nitrogens with one attached hydrogen (secondary N) is 2. The molecule has 0 saturated carbocycles. The topological polar surface area (TPSA) is 92.3 Å². The molecule has 1 amide bonds. The Bertz CT molecular complexity index is 606. The van der Waals surface area contributed by atoms with E-state index >= 15 is 0 Å². The summed E-state index contributed by atoms with van der Waals surface area (Å²) >= 11 is 0. The fourth-order valence-electron chi connectivity index (χ4n) is 2.46. The number of fused-ring (bicyclic) bond motifs is 1. The Morgan fingerprint density at radius 3 is 3.29 bits per heavy atom. The lowest BCUT2D eigenvalue weighted by Crippen LogP contribution is -2.39. The third kappa shape index (κ3) is 2.92. The second kappa shape index (κ2) is 6.01. The Morgan fingerprint density at radius 2 is 2.52 bits per heavy atom. The molecular weight excluding hydrogens is 272 g/mol. The molecule has 0 aliphatic carbocycles. The monoisotopic (exact) mass is 290 g/mol. The first-order valence-corrected chi connectivity index (χ1v) is 7.00. The van der Waals surface area contributed by atoms with E-state index in [9.17, 15) is 9.90 Å². The predicted octanol–water partition coefficient (Wildman–Crippen LogP) is 0.625. The summed E-state index contributed by atoms with van der Waals surface area (Å²) in [6.45, 7) is 1.52. The van der Waals surface area contributed by atoms with Gasteiger partial charge >= 0.3 is 0 Å². The Morgan fingerprint density at radius 1 is 1.62 bits per heavy atom. The summed E-state index contributed by atoms with van der Waals surface area (Å²) in [5.41, 5.74) is 1.45. The van der Waals surface area contributed by atoms with Crippen LogP contribution >= 0.6 is 0 Å². The number of anilines is 1. The fourth-order valence-corrected chi connectivity index (χ4v) is 2.46. The normalized spacial score (nSPS) is 15.1. The Hall–Kier alpha value is -2.28. The van der Waals surface area contributed by atoms with Gasteiger partial charge in [0.05, 0.1) is 31.4 Å². The van der Waals surface area contributed by atoms with E-state index < -0.39 is 0 Å². The van der Waals surface area contributed by atoms with Gasteiger partial charge in [0.1, 0.15) is 11.4 Å². The maximum Gasteiger partial charge on any atom is 0.256 e. The van der Waals surface area contributed by atoms with Crippen molar-refractivity contribution >= 4 is 11.7 Å². The lowest BCUT2D eigenvalue weighted by molar-refractivity contribution is 0.0917. The number of carbonyl (C=O) groups excluding carboxylic acids is 1. The zero-order chi connectivity index (χ0) is 14.7. The average Bonchev–Trinajstić information content (AvgIpc) is 3.15. The third-order valence-corrected chi connectivity index (χ3v) is 3.54. The first-order valence-electron chi connectivity index (χ1n) is 7.00. The maximum atomic E-state index is 12.3. The second-order valence-electron chi connectivity index (χ2n) is 5.10. The number of nitrogens with zero attached hydrogens (tertiary/aromatic N) is 2. The molecule has 1 aliphatic rings. The minimum absolute atomic E-state index is 0.131. The molecule has 112 valence electrons. The summed E-state index contributed by atoms with van der Waals surface area (Å²) in [5.74, 6) is 0.520. The largest absolute Gasteiger partial charge is 0.472 e. The van der Waals surface area contributed by atoms with E-state index in [1.807, 2.05) is 6.07 Å². The van der Waals surface area contributed by atoms with E-state index in [4.69, 9.17) is 4.42 Å². The molecule has 3 heterocycles. The molecule has 7 nitrogen and oxygen atoms in total. The number of hydrogen-bond donors (Lipinski definition) is 3. The standard InChI is InChI=1S/C14H18N4O3/c19-8-11(6-10-2-5-21-9-10)17-14(20)12-7-16-18-4-1-3-15-13(12)18/h2,5,7,9,11,15,19H,1,3-4,6,8H2,(H,17,20). The fraction of sp³-hybridized carbons (Fsp3) is 0.429. The van der Waals surface area contributed by atoms with Crippen LogP contribution in [0.15, 0.2) is 29.2 Å². The molecule has 21 heavy (non-hydrogen) atoms. The van der Waals surface area contributed by atoms with Crippen LogP contribution in [0.25, 0.3) is 0 Å². The van der Waals surface area contributed by atoms with Crippen LogP contribution in [0, 0.1) is 0 Å². The quantitative estimate of drug-likeness (QED) is 0.751. The Kier molecular flexibility index (Phi) is 3.92. The molecule has 2 aromatic rings. The Labute approximate surface area is 121 Å². The van der Waals surface area contributed by atoms with Crippen LogP contribution < -0.4 is 10.6 Å². The van der Waals surface area contributed by atoms with E-state index in [0.29, 0.717) is 12.0 Å². The highest BCUT2D eigenvalue weighted by Crippen LogP contribution is 2.19. The smallest absolute Gasteiger partial charge is 0.256 e. The number of furan rings is 1. The summed E-state index contributed by atoms with van der Waals surface area (Å²) in [6.07, 6.45) is 6.27. The van der Waals surface area contributed by atoms with Crippen molar-refractivity contribution in [3.05, 3.63) is 35.9 Å². The summed E-state index contributed by atoms with van der Waals surface area (Å²) < 4.78 is 6.79. The number of aliphatic hydroxyl groups is 1. The predicted molar refractivity (Wildman–Crippen MR) is 76.1 cm³/mol. The first-order chi connectivity index (χ1) is 10.3. The van der Waals surface area contributed by atoms with E-state index in [-0.39, 0.29) is 18.6 Å². The SMILES string of the molecule is O=C(NC(CO)Cc1ccoc1)c1cnn2c1NCCC2. The maximum absolute atomic E-state index is 12.3. The molecule has 1 atom stereocenters. The average molecular weight is 290 g/mol. The van der Waals surface area contributed by atoms with Crippen molar-refractivity contribution in [2.45, 2.75) is 25.4 Å². The number of carbonyl (C=O) groups is 1. The van der Waals surface area contributed by atoms with E-state index in [1.165, 1.54) is 0 Å². The lowest BCUT2D eigenvalue weighted by atomic mass is 10.1. The molecular formula is C14H18N4O3. The highest BCUT2D eigenvalue weighted by atomic mass is 16.3. The van der Waals surface area contributed by atoms with Gasteiger partial charge in [0.2, 0.25) is 0 Å². The second-order valence-corrected chi connectivity index (χ2v) is 5.10. The number of aromatic nitrogens is 2. The van der Waals surface area contributed by atoms with Gasteiger partial charge in [-0.2, -0.15) is 5.10 Å². The highest BCUT2D eigenvalue weighted by molar-refractivity contribution is 5.99. The molecule has 3 rings (SSSR count). The molecule has 0 bridgehead atoms. The van der Waals surface area contributed by atoms with E-state index in [0.717, 1.165) is 30.9 Å².